The molecule has 0 N–H and O–H groups in total. The summed E-state index contributed by atoms with van der Waals surface area (Å²) in [4.78, 5) is 11.4. The SMILES string of the molecule is CCOC(=O)C1COCC=C1OS(=O)(=O)C(F)(F)F. The molecule has 0 aromatic carbocycles. The zero-order valence-electron chi connectivity index (χ0n) is 9.77. The maximum Gasteiger partial charge on any atom is 0.534 e. The first-order chi connectivity index (χ1) is 8.69. The van der Waals surface area contributed by atoms with Crippen LogP contribution in [0.1, 0.15) is 6.92 Å². The minimum Gasteiger partial charge on any atom is -0.465 e. The fourth-order valence-electron chi connectivity index (χ4n) is 1.24. The molecule has 0 aromatic rings. The van der Waals surface area contributed by atoms with E-state index in [1.54, 1.807) is 0 Å². The molecule has 10 heteroatoms. The van der Waals surface area contributed by atoms with E-state index in [1.807, 2.05) is 0 Å². The van der Waals surface area contributed by atoms with E-state index < -0.39 is 33.3 Å². The van der Waals surface area contributed by atoms with Gasteiger partial charge in [-0.1, -0.05) is 0 Å². The number of rotatable bonds is 4. The molecule has 1 aliphatic heterocycles. The molecule has 0 bridgehead atoms. The first-order valence-corrected chi connectivity index (χ1v) is 6.55. The highest BCUT2D eigenvalue weighted by Crippen LogP contribution is 2.30. The number of hydrogen-bond donors (Lipinski definition) is 0. The van der Waals surface area contributed by atoms with Gasteiger partial charge in [0, 0.05) is 0 Å². The van der Waals surface area contributed by atoms with Crippen LogP contribution in [-0.4, -0.2) is 39.7 Å². The molecule has 1 heterocycles. The van der Waals surface area contributed by atoms with Crippen LogP contribution in [0.15, 0.2) is 11.8 Å². The van der Waals surface area contributed by atoms with Gasteiger partial charge in [-0.25, -0.2) is 0 Å². The Morgan fingerprint density at radius 3 is 2.68 bits per heavy atom. The summed E-state index contributed by atoms with van der Waals surface area (Å²) in [6, 6.07) is 0. The van der Waals surface area contributed by atoms with Gasteiger partial charge in [-0.2, -0.15) is 21.6 Å². The van der Waals surface area contributed by atoms with Crippen molar-refractivity contribution in [3.05, 3.63) is 11.8 Å². The molecule has 0 aromatic heterocycles. The van der Waals surface area contributed by atoms with Crippen molar-refractivity contribution in [3.63, 3.8) is 0 Å². The van der Waals surface area contributed by atoms with Gasteiger partial charge in [0.2, 0.25) is 0 Å². The minimum atomic E-state index is -5.81. The van der Waals surface area contributed by atoms with E-state index in [9.17, 15) is 26.4 Å². The zero-order valence-corrected chi connectivity index (χ0v) is 10.6. The summed E-state index contributed by atoms with van der Waals surface area (Å²) >= 11 is 0. The number of halogens is 3. The highest BCUT2D eigenvalue weighted by atomic mass is 32.2. The van der Waals surface area contributed by atoms with Crippen molar-refractivity contribution in [3.8, 4) is 0 Å². The second-order valence-electron chi connectivity index (χ2n) is 3.43. The summed E-state index contributed by atoms with van der Waals surface area (Å²) in [6.45, 7) is 1.03. The predicted octanol–water partition coefficient (Wildman–Crippen LogP) is 0.946. The normalized spacial score (nSPS) is 20.6. The van der Waals surface area contributed by atoms with Gasteiger partial charge in [0.25, 0.3) is 0 Å². The minimum absolute atomic E-state index is 0.00532. The molecule has 0 saturated carbocycles. The van der Waals surface area contributed by atoms with Crippen LogP contribution in [0.4, 0.5) is 13.2 Å². The van der Waals surface area contributed by atoms with Gasteiger partial charge in [0.15, 0.2) is 0 Å². The van der Waals surface area contributed by atoms with Gasteiger partial charge in [-0.15, -0.1) is 0 Å². The van der Waals surface area contributed by atoms with E-state index in [1.165, 1.54) is 6.92 Å². The fourth-order valence-corrected chi connectivity index (χ4v) is 1.78. The number of ether oxygens (including phenoxy) is 2. The number of carbonyl (C=O) groups excluding carboxylic acids is 1. The van der Waals surface area contributed by atoms with Crippen LogP contribution in [0.5, 0.6) is 0 Å². The van der Waals surface area contributed by atoms with Crippen LogP contribution < -0.4 is 0 Å². The summed E-state index contributed by atoms with van der Waals surface area (Å²) < 4.78 is 71.7. The van der Waals surface area contributed by atoms with Crippen molar-refractivity contribution in [2.24, 2.45) is 5.92 Å². The molecule has 0 fully saturated rings. The number of carbonyl (C=O) groups is 1. The van der Waals surface area contributed by atoms with E-state index >= 15 is 0 Å². The van der Waals surface area contributed by atoms with E-state index in [0.29, 0.717) is 0 Å². The number of hydrogen-bond acceptors (Lipinski definition) is 6. The second kappa shape index (κ2) is 5.78. The monoisotopic (exact) mass is 304 g/mol. The van der Waals surface area contributed by atoms with Crippen LogP contribution in [0.25, 0.3) is 0 Å². The van der Waals surface area contributed by atoms with Crippen molar-refractivity contribution >= 4 is 16.1 Å². The summed E-state index contributed by atoms with van der Waals surface area (Å²) in [7, 11) is -5.81. The summed E-state index contributed by atoms with van der Waals surface area (Å²) in [5, 5.41) is 0. The molecule has 0 saturated heterocycles. The van der Waals surface area contributed by atoms with Crippen LogP contribution in [0.3, 0.4) is 0 Å². The maximum absolute atomic E-state index is 12.2. The molecule has 1 atom stereocenters. The molecule has 0 aliphatic carbocycles. The third-order valence-electron chi connectivity index (χ3n) is 2.09. The summed E-state index contributed by atoms with van der Waals surface area (Å²) in [5.41, 5.74) is -5.56. The van der Waals surface area contributed by atoms with Crippen LogP contribution in [0.2, 0.25) is 0 Å². The lowest BCUT2D eigenvalue weighted by molar-refractivity contribution is -0.150. The molecule has 0 amide bonds. The largest absolute Gasteiger partial charge is 0.534 e. The molecule has 110 valence electrons. The molecule has 0 radical (unpaired) electrons. The third kappa shape index (κ3) is 3.83. The Hall–Kier alpha value is -1.29. The Labute approximate surface area is 107 Å². The molecule has 1 unspecified atom stereocenters. The lowest BCUT2D eigenvalue weighted by Gasteiger charge is -2.22. The standard InChI is InChI=1S/C9H11F3O6S/c1-2-17-8(13)6-5-16-4-3-7(6)18-19(14,15)9(10,11)12/h3,6H,2,4-5H2,1H3. The molecule has 1 rings (SSSR count). The number of esters is 1. The Morgan fingerprint density at radius 2 is 2.16 bits per heavy atom. The van der Waals surface area contributed by atoms with E-state index in [0.717, 1.165) is 6.08 Å². The first-order valence-electron chi connectivity index (χ1n) is 5.14. The highest BCUT2D eigenvalue weighted by Gasteiger charge is 2.50. The van der Waals surface area contributed by atoms with Gasteiger partial charge in [-0.05, 0) is 13.0 Å². The Bertz CT molecular complexity index is 467. The average Bonchev–Trinajstić information content (AvgIpc) is 2.28. The van der Waals surface area contributed by atoms with E-state index in [4.69, 9.17) is 4.74 Å². The molecular weight excluding hydrogens is 293 g/mol. The lowest BCUT2D eigenvalue weighted by atomic mass is 10.1. The van der Waals surface area contributed by atoms with Crippen molar-refractivity contribution < 1.29 is 40.0 Å². The van der Waals surface area contributed by atoms with Crippen LogP contribution in [-0.2, 0) is 28.6 Å². The van der Waals surface area contributed by atoms with Gasteiger partial charge in [0.1, 0.15) is 11.7 Å². The van der Waals surface area contributed by atoms with Crippen molar-refractivity contribution in [2.45, 2.75) is 12.4 Å². The smallest absolute Gasteiger partial charge is 0.465 e. The van der Waals surface area contributed by atoms with Gasteiger partial charge in [-0.3, -0.25) is 4.79 Å². The second-order valence-corrected chi connectivity index (χ2v) is 4.97. The van der Waals surface area contributed by atoms with E-state index in [-0.39, 0.29) is 19.8 Å². The maximum atomic E-state index is 12.2. The molecule has 6 nitrogen and oxygen atoms in total. The Balaban J connectivity index is 2.91. The van der Waals surface area contributed by atoms with Crippen LogP contribution >= 0.6 is 0 Å². The topological polar surface area (TPSA) is 78.9 Å². The van der Waals surface area contributed by atoms with Crippen LogP contribution in [0, 0.1) is 5.92 Å². The third-order valence-corrected chi connectivity index (χ3v) is 3.07. The first kappa shape index (κ1) is 15.8. The van der Waals surface area contributed by atoms with Crippen molar-refractivity contribution in [2.75, 3.05) is 19.8 Å². The average molecular weight is 304 g/mol. The van der Waals surface area contributed by atoms with Gasteiger partial charge in [0.05, 0.1) is 19.8 Å². The quantitative estimate of drug-likeness (QED) is 0.437. The predicted molar refractivity (Wildman–Crippen MR) is 55.1 cm³/mol. The molecule has 19 heavy (non-hydrogen) atoms. The van der Waals surface area contributed by atoms with E-state index in [2.05, 4.69) is 8.92 Å². The summed E-state index contributed by atoms with van der Waals surface area (Å²) in [6.07, 6.45) is 0.953. The molecular formula is C9H11F3O6S. The molecule has 0 spiro atoms. The lowest BCUT2D eigenvalue weighted by Crippen LogP contribution is -2.33. The van der Waals surface area contributed by atoms with Gasteiger partial charge >= 0.3 is 21.6 Å². The zero-order chi connectivity index (χ0) is 14.7. The van der Waals surface area contributed by atoms with Gasteiger partial charge < -0.3 is 13.7 Å². The fraction of sp³-hybridized carbons (Fsp3) is 0.667. The Morgan fingerprint density at radius 1 is 1.53 bits per heavy atom. The molecule has 1 aliphatic rings. The van der Waals surface area contributed by atoms with Crippen molar-refractivity contribution in [1.82, 2.24) is 0 Å². The number of alkyl halides is 3. The summed E-state index contributed by atoms with van der Waals surface area (Å²) in [5.74, 6) is -2.88. The highest BCUT2D eigenvalue weighted by molar-refractivity contribution is 7.87. The Kier molecular flexibility index (Phi) is 4.80. The van der Waals surface area contributed by atoms with Crippen molar-refractivity contribution in [1.29, 1.82) is 0 Å².